The molecule has 0 heterocycles. The molecule has 0 saturated carbocycles. The molecule has 26 heavy (non-hydrogen) atoms. The minimum atomic E-state index is -4.42. The first-order valence-electron chi connectivity index (χ1n) is 7.18. The van der Waals surface area contributed by atoms with Crippen molar-refractivity contribution in [2.45, 2.75) is 27.8 Å². The van der Waals surface area contributed by atoms with E-state index in [1.165, 1.54) is 24.3 Å². The monoisotopic (exact) mass is 416 g/mol. The average molecular weight is 416 g/mol. The van der Waals surface area contributed by atoms with Crippen LogP contribution in [0.3, 0.4) is 0 Å². The second-order valence-corrected chi connectivity index (χ2v) is 10.3. The fourth-order valence-corrected chi connectivity index (χ4v) is 6.16. The number of hydrogen-bond donors (Lipinski definition) is 2. The molecule has 0 aromatic heterocycles. The predicted molar refractivity (Wildman–Crippen MR) is 107 cm³/mol. The Kier molecular flexibility index (Phi) is 9.74. The van der Waals surface area contributed by atoms with E-state index in [2.05, 4.69) is 0 Å². The molecule has 2 aromatic rings. The zero-order chi connectivity index (χ0) is 18.2. The van der Waals surface area contributed by atoms with E-state index in [9.17, 15) is 16.8 Å². The van der Waals surface area contributed by atoms with Crippen LogP contribution in [0.1, 0.15) is 11.1 Å². The van der Waals surface area contributed by atoms with Gasteiger partial charge in [0.2, 0.25) is 23.9 Å². The summed E-state index contributed by atoms with van der Waals surface area (Å²) >= 11 is 0. The van der Waals surface area contributed by atoms with Gasteiger partial charge < -0.3 is 5.73 Å². The minimum absolute atomic E-state index is 0. The Morgan fingerprint density at radius 2 is 1.00 bits per heavy atom. The number of hydrogen-bond acceptors (Lipinski definition) is 6. The molecule has 0 aliphatic carbocycles. The van der Waals surface area contributed by atoms with E-state index in [4.69, 9.17) is 11.5 Å². The van der Waals surface area contributed by atoms with Gasteiger partial charge in [-0.15, -0.1) is 0 Å². The van der Waals surface area contributed by atoms with Crippen molar-refractivity contribution in [1.82, 2.24) is 0 Å². The van der Waals surface area contributed by atoms with Crippen molar-refractivity contribution in [2.24, 2.45) is 11.5 Å². The molecule has 0 aliphatic rings. The molecule has 6 nitrogen and oxygen atoms in total. The van der Waals surface area contributed by atoms with Gasteiger partial charge in [-0.1, -0.05) is 35.4 Å². The third-order valence-electron chi connectivity index (χ3n) is 3.86. The summed E-state index contributed by atoms with van der Waals surface area (Å²) < 4.78 is 48.9. The molecule has 2 rings (SSSR count). The van der Waals surface area contributed by atoms with E-state index in [0.29, 0.717) is 0 Å². The molecule has 0 radical (unpaired) electrons. The predicted octanol–water partition coefficient (Wildman–Crippen LogP) is -0.175. The van der Waals surface area contributed by atoms with Crippen LogP contribution in [0.4, 0.5) is 0 Å². The fraction of sp³-hybridized carbons (Fsp3) is 0.250. The first-order valence-corrected chi connectivity index (χ1v) is 10.1. The topological polar surface area (TPSA) is 120 Å². The molecule has 2 aromatic carbocycles. The Bertz CT molecular complexity index is 867. The Morgan fingerprint density at radius 1 is 0.731 bits per heavy atom. The molecule has 0 atom stereocenters. The van der Waals surface area contributed by atoms with Gasteiger partial charge in [-0.05, 0) is 38.1 Å². The number of rotatable bonds is 5. The van der Waals surface area contributed by atoms with Crippen molar-refractivity contribution in [3.8, 4) is 0 Å². The molecule has 0 bridgehead atoms. The number of nitrogens with two attached hydrogens (primary N) is 2. The van der Waals surface area contributed by atoms with Crippen molar-refractivity contribution in [3.05, 3.63) is 59.7 Å². The number of benzene rings is 2. The van der Waals surface area contributed by atoms with Gasteiger partial charge in [-0.2, -0.15) is 0 Å². The molecule has 134 valence electrons. The SMILES string of the molecule is Cc1ccc(S(=O)(=O)C(N)(CN)S(=O)(=O)c2ccc(C)cc2)cc1.[NaH].[NaH]. The van der Waals surface area contributed by atoms with Crippen molar-refractivity contribution >= 4 is 78.8 Å². The third kappa shape index (κ3) is 4.63. The van der Waals surface area contributed by atoms with Crippen LogP contribution in [0, 0.1) is 13.8 Å². The summed E-state index contributed by atoms with van der Waals surface area (Å²) in [5.74, 6) is 0. The van der Waals surface area contributed by atoms with Crippen LogP contribution in [-0.2, 0) is 19.7 Å². The summed E-state index contributed by atoms with van der Waals surface area (Å²) in [5, 5.41) is 0. The van der Waals surface area contributed by atoms with Crippen LogP contribution >= 0.6 is 0 Å². The van der Waals surface area contributed by atoms with Crippen molar-refractivity contribution in [2.75, 3.05) is 6.54 Å². The summed E-state index contributed by atoms with van der Waals surface area (Å²) in [7, 11) is -8.84. The standard InChI is InChI=1S/C16H20N2O4S2.2Na.2H/c1-12-3-7-14(8-4-12)23(19,20)16(18,11-17)24(21,22)15-9-5-13(2)6-10-15;;;;/h3-10H,11,17-18H2,1-2H3;;;;. The van der Waals surface area contributed by atoms with Crippen LogP contribution in [0.2, 0.25) is 0 Å². The summed E-state index contributed by atoms with van der Waals surface area (Å²) in [6, 6.07) is 11.6. The van der Waals surface area contributed by atoms with Gasteiger partial charge in [-0.3, -0.25) is 5.73 Å². The van der Waals surface area contributed by atoms with Crippen LogP contribution in [0.25, 0.3) is 0 Å². The maximum absolute atomic E-state index is 12.9. The zero-order valence-electron chi connectivity index (χ0n) is 13.4. The van der Waals surface area contributed by atoms with E-state index >= 15 is 0 Å². The second kappa shape index (κ2) is 9.65. The van der Waals surface area contributed by atoms with Gasteiger partial charge in [0.15, 0.2) is 0 Å². The summed E-state index contributed by atoms with van der Waals surface area (Å²) in [5.41, 5.74) is 13.1. The van der Waals surface area contributed by atoms with Crippen LogP contribution in [0.15, 0.2) is 58.3 Å². The van der Waals surface area contributed by atoms with Crippen molar-refractivity contribution in [1.29, 1.82) is 0 Å². The molecular formula is C16H22N2Na2O4S2. The van der Waals surface area contributed by atoms with Gasteiger partial charge >= 0.3 is 59.1 Å². The van der Waals surface area contributed by atoms with E-state index in [-0.39, 0.29) is 68.9 Å². The van der Waals surface area contributed by atoms with Gasteiger partial charge in [-0.25, -0.2) is 16.8 Å². The average Bonchev–Trinajstić information content (AvgIpc) is 2.54. The van der Waals surface area contributed by atoms with Crippen molar-refractivity contribution in [3.63, 3.8) is 0 Å². The van der Waals surface area contributed by atoms with Crippen LogP contribution in [0.5, 0.6) is 0 Å². The number of sulfone groups is 2. The molecular weight excluding hydrogens is 394 g/mol. The van der Waals surface area contributed by atoms with E-state index in [0.717, 1.165) is 11.1 Å². The molecule has 0 unspecified atom stereocenters. The molecule has 0 aliphatic heterocycles. The van der Waals surface area contributed by atoms with Crippen LogP contribution in [-0.4, -0.2) is 86.7 Å². The quantitative estimate of drug-likeness (QED) is 0.653. The third-order valence-corrected chi connectivity index (χ3v) is 9.11. The van der Waals surface area contributed by atoms with E-state index in [1.807, 2.05) is 0 Å². The molecule has 0 fully saturated rings. The van der Waals surface area contributed by atoms with Gasteiger partial charge in [0, 0.05) is 6.54 Å². The Labute approximate surface area is 199 Å². The zero-order valence-corrected chi connectivity index (χ0v) is 15.1. The Hall–Kier alpha value is 0.260. The summed E-state index contributed by atoms with van der Waals surface area (Å²) in [6.07, 6.45) is 0. The molecule has 0 saturated heterocycles. The normalized spacial score (nSPS) is 12.0. The van der Waals surface area contributed by atoms with E-state index < -0.39 is 30.4 Å². The summed E-state index contributed by atoms with van der Waals surface area (Å²) in [4.78, 5) is -0.367. The van der Waals surface area contributed by atoms with Gasteiger partial charge in [0.05, 0.1) is 9.79 Å². The Balaban J connectivity index is 0.00000312. The molecule has 0 amide bonds. The maximum atomic E-state index is 12.9. The van der Waals surface area contributed by atoms with Gasteiger partial charge in [0.1, 0.15) is 0 Å². The van der Waals surface area contributed by atoms with E-state index in [1.54, 1.807) is 38.1 Å². The second-order valence-electron chi connectivity index (χ2n) is 5.65. The van der Waals surface area contributed by atoms with Crippen LogP contribution < -0.4 is 11.5 Å². The molecule has 0 spiro atoms. The van der Waals surface area contributed by atoms with Crippen molar-refractivity contribution < 1.29 is 16.8 Å². The summed E-state index contributed by atoms with van der Waals surface area (Å²) in [6.45, 7) is 2.82. The Morgan fingerprint density at radius 3 is 1.23 bits per heavy atom. The molecule has 10 heteroatoms. The fourth-order valence-electron chi connectivity index (χ4n) is 2.20. The number of aryl methyl sites for hydroxylation is 2. The first-order chi connectivity index (χ1) is 11.1. The molecule has 4 N–H and O–H groups in total. The van der Waals surface area contributed by atoms with Gasteiger partial charge in [0.25, 0.3) is 0 Å². The first kappa shape index (κ1) is 26.3.